The molecule has 1 aromatic heterocycles. The third kappa shape index (κ3) is 8.01. The van der Waals surface area contributed by atoms with Crippen molar-refractivity contribution in [2.24, 2.45) is 5.92 Å². The molecule has 3 aromatic carbocycles. The molecule has 1 saturated carbocycles. The van der Waals surface area contributed by atoms with E-state index in [2.05, 4.69) is 60.5 Å². The molecule has 4 aromatic rings. The first kappa shape index (κ1) is 30.3. The van der Waals surface area contributed by atoms with Gasteiger partial charge in [0, 0.05) is 24.8 Å². The Morgan fingerprint density at radius 3 is 2.07 bits per heavy atom. The molecule has 5 rings (SSSR count). The predicted octanol–water partition coefficient (Wildman–Crippen LogP) is 8.60. The zero-order valence-electron chi connectivity index (χ0n) is 26.0. The molecule has 0 unspecified atom stereocenters. The zero-order valence-corrected chi connectivity index (χ0v) is 26.0. The molecule has 1 aliphatic carbocycles. The second kappa shape index (κ2) is 13.4. The standard InChI is InChI=1S/C37H43N3O3/c1-26-35(42-25-28-12-8-6-9-13-28)34(36(41)43-37(2,3)4)39-33(38-26)24-27-16-18-29(19-17-27)30-20-22-32(23-21-30)40(5)31-14-10-7-11-15-31/h6-15,20-23,27,29H,16-19,24-25H2,1-5H3. The minimum Gasteiger partial charge on any atom is -0.484 e. The van der Waals surface area contributed by atoms with Crippen LogP contribution in [0, 0.1) is 12.8 Å². The quantitative estimate of drug-likeness (QED) is 0.186. The van der Waals surface area contributed by atoms with Crippen LogP contribution >= 0.6 is 0 Å². The largest absolute Gasteiger partial charge is 0.484 e. The molecule has 43 heavy (non-hydrogen) atoms. The van der Waals surface area contributed by atoms with Gasteiger partial charge in [0.1, 0.15) is 18.0 Å². The van der Waals surface area contributed by atoms with E-state index in [9.17, 15) is 4.79 Å². The van der Waals surface area contributed by atoms with E-state index >= 15 is 0 Å². The van der Waals surface area contributed by atoms with Crippen LogP contribution in [0.5, 0.6) is 5.75 Å². The van der Waals surface area contributed by atoms with Crippen LogP contribution in [0.4, 0.5) is 11.4 Å². The summed E-state index contributed by atoms with van der Waals surface area (Å²) in [6.07, 6.45) is 5.21. The Morgan fingerprint density at radius 1 is 0.837 bits per heavy atom. The topological polar surface area (TPSA) is 64.6 Å². The number of rotatable bonds is 9. The molecule has 6 heteroatoms. The van der Waals surface area contributed by atoms with Crippen molar-refractivity contribution in [2.45, 2.75) is 77.9 Å². The minimum atomic E-state index is -0.639. The van der Waals surface area contributed by atoms with Crippen LogP contribution in [0.3, 0.4) is 0 Å². The summed E-state index contributed by atoms with van der Waals surface area (Å²) in [7, 11) is 2.11. The molecule has 0 bridgehead atoms. The highest BCUT2D eigenvalue weighted by atomic mass is 16.6. The van der Waals surface area contributed by atoms with Crippen molar-refractivity contribution in [3.63, 3.8) is 0 Å². The summed E-state index contributed by atoms with van der Waals surface area (Å²) in [5.41, 5.74) is 5.02. The fourth-order valence-electron chi connectivity index (χ4n) is 5.81. The Bertz CT molecular complexity index is 1490. The molecule has 0 radical (unpaired) electrons. The van der Waals surface area contributed by atoms with E-state index in [-0.39, 0.29) is 5.69 Å². The van der Waals surface area contributed by atoms with Crippen LogP contribution in [-0.4, -0.2) is 28.6 Å². The first-order valence-corrected chi connectivity index (χ1v) is 15.3. The fourth-order valence-corrected chi connectivity index (χ4v) is 5.81. The summed E-state index contributed by atoms with van der Waals surface area (Å²) in [5.74, 6) is 1.63. The molecular weight excluding hydrogens is 534 g/mol. The van der Waals surface area contributed by atoms with Crippen LogP contribution in [0.25, 0.3) is 0 Å². The van der Waals surface area contributed by atoms with Gasteiger partial charge in [0.05, 0.1) is 5.69 Å². The SMILES string of the molecule is Cc1nc(CC2CCC(c3ccc(N(C)c4ccccc4)cc3)CC2)nc(C(=O)OC(C)(C)C)c1OCc1ccccc1. The lowest BCUT2D eigenvalue weighted by Gasteiger charge is -2.29. The maximum absolute atomic E-state index is 13.2. The van der Waals surface area contributed by atoms with Crippen LogP contribution in [0.2, 0.25) is 0 Å². The normalized spacial score (nSPS) is 16.9. The molecule has 6 nitrogen and oxygen atoms in total. The van der Waals surface area contributed by atoms with Gasteiger partial charge in [-0.2, -0.15) is 0 Å². The van der Waals surface area contributed by atoms with Gasteiger partial charge in [-0.3, -0.25) is 0 Å². The van der Waals surface area contributed by atoms with Crippen molar-refractivity contribution >= 4 is 17.3 Å². The van der Waals surface area contributed by atoms with Crippen molar-refractivity contribution in [1.82, 2.24) is 9.97 Å². The molecule has 1 heterocycles. The van der Waals surface area contributed by atoms with E-state index < -0.39 is 11.6 Å². The van der Waals surface area contributed by atoms with Gasteiger partial charge in [-0.15, -0.1) is 0 Å². The minimum absolute atomic E-state index is 0.211. The van der Waals surface area contributed by atoms with Crippen molar-refractivity contribution in [3.05, 3.63) is 113 Å². The first-order valence-electron chi connectivity index (χ1n) is 15.3. The molecule has 1 aliphatic rings. The zero-order chi connectivity index (χ0) is 30.4. The summed E-state index contributed by atoms with van der Waals surface area (Å²) in [4.78, 5) is 25.0. The number of benzene rings is 3. The number of carbonyl (C=O) groups is 1. The lowest BCUT2D eigenvalue weighted by Crippen LogP contribution is -2.26. The predicted molar refractivity (Wildman–Crippen MR) is 172 cm³/mol. The lowest BCUT2D eigenvalue weighted by atomic mass is 9.77. The van der Waals surface area contributed by atoms with E-state index in [0.29, 0.717) is 35.7 Å². The van der Waals surface area contributed by atoms with Crippen LogP contribution < -0.4 is 9.64 Å². The van der Waals surface area contributed by atoms with Crippen molar-refractivity contribution in [1.29, 1.82) is 0 Å². The summed E-state index contributed by atoms with van der Waals surface area (Å²) < 4.78 is 11.8. The maximum atomic E-state index is 13.2. The van der Waals surface area contributed by atoms with E-state index in [1.807, 2.05) is 64.1 Å². The summed E-state index contributed by atoms with van der Waals surface area (Å²) in [6.45, 7) is 7.79. The molecular formula is C37H43N3O3. The van der Waals surface area contributed by atoms with E-state index in [4.69, 9.17) is 19.4 Å². The highest BCUT2D eigenvalue weighted by molar-refractivity contribution is 5.91. The molecule has 1 fully saturated rings. The van der Waals surface area contributed by atoms with E-state index in [1.165, 1.54) is 16.9 Å². The molecule has 0 spiro atoms. The van der Waals surface area contributed by atoms with E-state index in [0.717, 1.165) is 37.7 Å². The maximum Gasteiger partial charge on any atom is 0.361 e. The second-order valence-electron chi connectivity index (χ2n) is 12.6. The van der Waals surface area contributed by atoms with E-state index in [1.54, 1.807) is 0 Å². The Hall–Kier alpha value is -4.19. The first-order chi connectivity index (χ1) is 20.7. The van der Waals surface area contributed by atoms with Gasteiger partial charge in [-0.05, 0) is 101 Å². The van der Waals surface area contributed by atoms with Gasteiger partial charge in [-0.1, -0.05) is 60.7 Å². The number of ether oxygens (including phenoxy) is 2. The Labute approximate surface area is 256 Å². The van der Waals surface area contributed by atoms with Crippen molar-refractivity contribution in [3.8, 4) is 5.75 Å². The monoisotopic (exact) mass is 577 g/mol. The van der Waals surface area contributed by atoms with Gasteiger partial charge in [0.15, 0.2) is 11.4 Å². The number of aryl methyl sites for hydroxylation is 1. The number of hydrogen-bond donors (Lipinski definition) is 0. The summed E-state index contributed by atoms with van der Waals surface area (Å²) in [5, 5.41) is 0. The molecule has 0 aliphatic heterocycles. The smallest absolute Gasteiger partial charge is 0.361 e. The number of nitrogens with zero attached hydrogens (tertiary/aromatic N) is 3. The molecule has 0 amide bonds. The fraction of sp³-hybridized carbons (Fsp3) is 0.378. The van der Waals surface area contributed by atoms with Gasteiger partial charge in [0.25, 0.3) is 0 Å². The van der Waals surface area contributed by atoms with Gasteiger partial charge >= 0.3 is 5.97 Å². The van der Waals surface area contributed by atoms with Crippen LogP contribution in [0.1, 0.15) is 85.5 Å². The van der Waals surface area contributed by atoms with Gasteiger partial charge in [-0.25, -0.2) is 14.8 Å². The van der Waals surface area contributed by atoms with Gasteiger partial charge < -0.3 is 14.4 Å². The number of esters is 1. The van der Waals surface area contributed by atoms with Crippen molar-refractivity contribution in [2.75, 3.05) is 11.9 Å². The molecule has 0 saturated heterocycles. The third-order valence-corrected chi connectivity index (χ3v) is 8.11. The van der Waals surface area contributed by atoms with Crippen LogP contribution in [0.15, 0.2) is 84.9 Å². The average molecular weight is 578 g/mol. The third-order valence-electron chi connectivity index (χ3n) is 8.11. The molecule has 0 N–H and O–H groups in total. The number of carbonyl (C=O) groups excluding carboxylic acids is 1. The van der Waals surface area contributed by atoms with Crippen LogP contribution in [-0.2, 0) is 17.8 Å². The average Bonchev–Trinajstić information content (AvgIpc) is 3.00. The number of para-hydroxylation sites is 1. The molecule has 0 atom stereocenters. The summed E-state index contributed by atoms with van der Waals surface area (Å²) in [6, 6.07) is 29.3. The number of anilines is 2. The Morgan fingerprint density at radius 2 is 1.44 bits per heavy atom. The highest BCUT2D eigenvalue weighted by Gasteiger charge is 2.28. The highest BCUT2D eigenvalue weighted by Crippen LogP contribution is 2.38. The van der Waals surface area contributed by atoms with Crippen molar-refractivity contribution < 1.29 is 14.3 Å². The Balaban J connectivity index is 1.24. The second-order valence-corrected chi connectivity index (χ2v) is 12.6. The summed E-state index contributed by atoms with van der Waals surface area (Å²) >= 11 is 0. The number of hydrogen-bond acceptors (Lipinski definition) is 6. The Kier molecular flexibility index (Phi) is 9.44. The molecule has 224 valence electrons. The van der Waals surface area contributed by atoms with Gasteiger partial charge in [0.2, 0.25) is 0 Å². The number of aromatic nitrogens is 2. The lowest BCUT2D eigenvalue weighted by molar-refractivity contribution is 0.00572.